The molecule has 1 aromatic heterocycles. The molecule has 0 aromatic carbocycles. The first kappa shape index (κ1) is 10.4. The summed E-state index contributed by atoms with van der Waals surface area (Å²) in [7, 11) is -2.54. The first-order valence-corrected chi connectivity index (χ1v) is 6.56. The van der Waals surface area contributed by atoms with Gasteiger partial charge in [-0.1, -0.05) is 11.6 Å². The molecule has 0 bridgehead atoms. The van der Waals surface area contributed by atoms with Crippen LogP contribution in [0.2, 0.25) is 10.4 Å². The van der Waals surface area contributed by atoms with Gasteiger partial charge < -0.3 is 0 Å². The fourth-order valence-electron chi connectivity index (χ4n) is 1.38. The maximum Gasteiger partial charge on any atom is 0.224 e. The topological polar surface area (TPSA) is 66.2 Å². The van der Waals surface area contributed by atoms with Gasteiger partial charge in [-0.2, -0.15) is 10.6 Å². The highest BCUT2D eigenvalue weighted by molar-refractivity contribution is 8.23. The Kier molecular flexibility index (Phi) is 2.61. The summed E-state index contributed by atoms with van der Waals surface area (Å²) in [6.45, 7) is 0. The van der Waals surface area contributed by atoms with Gasteiger partial charge >= 0.3 is 0 Å². The van der Waals surface area contributed by atoms with Crippen LogP contribution in [0.3, 0.4) is 0 Å². The van der Waals surface area contributed by atoms with Crippen molar-refractivity contribution in [3.05, 3.63) is 21.7 Å². The van der Waals surface area contributed by atoms with Crippen LogP contribution in [0, 0.1) is 0 Å². The lowest BCUT2D eigenvalue weighted by Gasteiger charge is -2.36. The van der Waals surface area contributed by atoms with Crippen LogP contribution < -0.4 is 0 Å². The minimum atomic E-state index is -2.54. The van der Waals surface area contributed by atoms with Gasteiger partial charge in [-0.05, 0) is 11.6 Å². The Morgan fingerprint density at radius 2 is 1.93 bits per heavy atom. The van der Waals surface area contributed by atoms with E-state index in [9.17, 15) is 9.11 Å². The molecule has 1 aliphatic heterocycles. The minimum Gasteiger partial charge on any atom is -0.299 e. The average Bonchev–Trinajstić information content (AvgIpc) is 2.06. The minimum absolute atomic E-state index is 0.104. The number of rotatable bonds is 0. The normalized spacial score (nSPS) is 21.4. The average molecular weight is 255 g/mol. The van der Waals surface area contributed by atoms with Gasteiger partial charge in [0.2, 0.25) is 5.28 Å². The lowest BCUT2D eigenvalue weighted by Crippen LogP contribution is -2.18. The van der Waals surface area contributed by atoms with Crippen molar-refractivity contribution in [3.8, 4) is 0 Å². The van der Waals surface area contributed by atoms with Crippen molar-refractivity contribution < 1.29 is 9.11 Å². The summed E-state index contributed by atoms with van der Waals surface area (Å²) in [5, 5.41) is 0.326. The smallest absolute Gasteiger partial charge is 0.224 e. The summed E-state index contributed by atoms with van der Waals surface area (Å²) in [6, 6.07) is 0. The van der Waals surface area contributed by atoms with Crippen molar-refractivity contribution >= 4 is 33.8 Å². The second-order valence-electron chi connectivity index (χ2n) is 3.11. The zero-order chi connectivity index (χ0) is 10.3. The largest absolute Gasteiger partial charge is 0.299 e. The van der Waals surface area contributed by atoms with E-state index in [1.807, 2.05) is 0 Å². The SMILES string of the molecule is OS1(O)CCc2nc(Cl)nc(Cl)c2C1. The summed E-state index contributed by atoms with van der Waals surface area (Å²) in [6.07, 6.45) is 0.486. The molecule has 78 valence electrons. The van der Waals surface area contributed by atoms with Crippen LogP contribution in [0.4, 0.5) is 0 Å². The molecule has 0 saturated carbocycles. The molecule has 2 rings (SSSR count). The van der Waals surface area contributed by atoms with E-state index >= 15 is 0 Å². The van der Waals surface area contributed by atoms with E-state index in [1.165, 1.54) is 0 Å². The van der Waals surface area contributed by atoms with Gasteiger partial charge in [-0.3, -0.25) is 9.11 Å². The van der Waals surface area contributed by atoms with E-state index in [1.54, 1.807) is 0 Å². The fourth-order valence-corrected chi connectivity index (χ4v) is 3.38. The molecule has 0 spiro atoms. The molecule has 0 saturated heterocycles. The summed E-state index contributed by atoms with van der Waals surface area (Å²) in [4.78, 5) is 7.76. The third kappa shape index (κ3) is 1.97. The van der Waals surface area contributed by atoms with Crippen molar-refractivity contribution in [1.82, 2.24) is 9.97 Å². The second-order valence-corrected chi connectivity index (χ2v) is 6.11. The number of fused-ring (bicyclic) bond motifs is 1. The molecular formula is C7H8Cl2N2O2S. The molecule has 2 heterocycles. The Morgan fingerprint density at radius 1 is 1.21 bits per heavy atom. The highest BCUT2D eigenvalue weighted by atomic mass is 35.5. The number of hydrogen-bond acceptors (Lipinski definition) is 4. The Labute approximate surface area is 92.6 Å². The van der Waals surface area contributed by atoms with Crippen LogP contribution in [0.5, 0.6) is 0 Å². The zero-order valence-electron chi connectivity index (χ0n) is 7.07. The third-order valence-corrected chi connectivity index (χ3v) is 4.15. The van der Waals surface area contributed by atoms with Crippen molar-refractivity contribution in [1.29, 1.82) is 0 Å². The van der Waals surface area contributed by atoms with Gasteiger partial charge in [-0.25, -0.2) is 9.97 Å². The molecule has 14 heavy (non-hydrogen) atoms. The van der Waals surface area contributed by atoms with E-state index in [0.29, 0.717) is 17.7 Å². The van der Waals surface area contributed by atoms with Crippen LogP contribution in [-0.2, 0) is 12.2 Å². The quantitative estimate of drug-likeness (QED) is 0.552. The maximum atomic E-state index is 9.51. The molecule has 4 nitrogen and oxygen atoms in total. The molecule has 1 aliphatic rings. The molecular weight excluding hydrogens is 247 g/mol. The second kappa shape index (κ2) is 3.50. The predicted octanol–water partition coefficient (Wildman–Crippen LogP) is 2.59. The van der Waals surface area contributed by atoms with Crippen LogP contribution in [0.1, 0.15) is 11.3 Å². The van der Waals surface area contributed by atoms with E-state index in [4.69, 9.17) is 23.2 Å². The lowest BCUT2D eigenvalue weighted by molar-refractivity contribution is 0.481. The summed E-state index contributed by atoms with van der Waals surface area (Å²) in [5.41, 5.74) is 1.34. The van der Waals surface area contributed by atoms with E-state index in [0.717, 1.165) is 5.69 Å². The lowest BCUT2D eigenvalue weighted by atomic mass is 10.2. The van der Waals surface area contributed by atoms with Gasteiger partial charge in [0.15, 0.2) is 0 Å². The monoisotopic (exact) mass is 254 g/mol. The molecule has 1 aromatic rings. The van der Waals surface area contributed by atoms with Crippen molar-refractivity contribution in [2.75, 3.05) is 5.75 Å². The van der Waals surface area contributed by atoms with Crippen LogP contribution in [0.25, 0.3) is 0 Å². The van der Waals surface area contributed by atoms with Gasteiger partial charge in [0.25, 0.3) is 0 Å². The molecule has 0 aliphatic carbocycles. The number of aromatic nitrogens is 2. The van der Waals surface area contributed by atoms with Gasteiger partial charge in [0.05, 0.1) is 11.4 Å². The Bertz CT molecular complexity index is 386. The number of hydrogen-bond donors (Lipinski definition) is 2. The van der Waals surface area contributed by atoms with Crippen molar-refractivity contribution in [2.45, 2.75) is 12.2 Å². The highest BCUT2D eigenvalue weighted by Gasteiger charge is 2.26. The summed E-state index contributed by atoms with van der Waals surface area (Å²) >= 11 is 11.5. The Hall–Kier alpha value is -0.0700. The Morgan fingerprint density at radius 3 is 2.64 bits per heavy atom. The van der Waals surface area contributed by atoms with Gasteiger partial charge in [0, 0.05) is 17.7 Å². The van der Waals surface area contributed by atoms with E-state index in [2.05, 4.69) is 9.97 Å². The molecule has 0 unspecified atom stereocenters. The summed E-state index contributed by atoms with van der Waals surface area (Å²) < 4.78 is 19.0. The number of aryl methyl sites for hydroxylation is 1. The molecule has 0 fully saturated rings. The third-order valence-electron chi connectivity index (χ3n) is 2.06. The van der Waals surface area contributed by atoms with E-state index in [-0.39, 0.29) is 16.2 Å². The van der Waals surface area contributed by atoms with E-state index < -0.39 is 10.6 Å². The number of halogens is 2. The van der Waals surface area contributed by atoms with Crippen molar-refractivity contribution in [2.24, 2.45) is 0 Å². The van der Waals surface area contributed by atoms with Gasteiger partial charge in [0.1, 0.15) is 5.15 Å². The van der Waals surface area contributed by atoms with Crippen LogP contribution in [0.15, 0.2) is 0 Å². The molecule has 0 radical (unpaired) electrons. The first-order valence-electron chi connectivity index (χ1n) is 3.92. The number of nitrogens with zero attached hydrogens (tertiary/aromatic N) is 2. The van der Waals surface area contributed by atoms with Gasteiger partial charge in [-0.15, -0.1) is 0 Å². The molecule has 7 heteroatoms. The summed E-state index contributed by atoms with van der Waals surface area (Å²) in [5.74, 6) is 0.460. The standard InChI is InChI=1S/C7H8Cl2N2O2S/c8-6-4-3-14(12,13)2-1-5(4)10-7(9)11-6/h12-13H,1-3H2. The van der Waals surface area contributed by atoms with Crippen molar-refractivity contribution in [3.63, 3.8) is 0 Å². The van der Waals surface area contributed by atoms with Crippen LogP contribution in [-0.4, -0.2) is 24.8 Å². The predicted molar refractivity (Wildman–Crippen MR) is 57.2 cm³/mol. The highest BCUT2D eigenvalue weighted by Crippen LogP contribution is 2.48. The maximum absolute atomic E-state index is 9.51. The zero-order valence-corrected chi connectivity index (χ0v) is 9.40. The Balaban J connectivity index is 2.47. The fraction of sp³-hybridized carbons (Fsp3) is 0.429. The van der Waals surface area contributed by atoms with Crippen LogP contribution >= 0.6 is 33.8 Å². The molecule has 2 N–H and O–H groups in total. The first-order chi connectivity index (χ1) is 6.48. The molecule has 0 amide bonds. The molecule has 0 atom stereocenters.